The summed E-state index contributed by atoms with van der Waals surface area (Å²) in [5.41, 5.74) is 2.46. The largest absolute Gasteiger partial charge is 0.389 e. The first kappa shape index (κ1) is 18.9. The average molecular weight is 359 g/mol. The molecule has 0 saturated carbocycles. The number of nitrogens with one attached hydrogen (secondary N) is 1. The lowest BCUT2D eigenvalue weighted by molar-refractivity contribution is -0.146. The third kappa shape index (κ3) is 4.07. The van der Waals surface area contributed by atoms with Gasteiger partial charge in [0.1, 0.15) is 0 Å². The minimum absolute atomic E-state index is 0.00307. The molecule has 0 aromatic heterocycles. The third-order valence-electron chi connectivity index (χ3n) is 5.96. The molecular weight excluding hydrogens is 330 g/mol. The second-order valence-electron chi connectivity index (χ2n) is 7.85. The second-order valence-corrected chi connectivity index (χ2v) is 7.85. The molecule has 0 spiro atoms. The van der Waals surface area contributed by atoms with Gasteiger partial charge < -0.3 is 15.3 Å². The van der Waals surface area contributed by atoms with Crippen LogP contribution in [-0.2, 0) is 9.59 Å². The molecule has 2 atom stereocenters. The highest BCUT2D eigenvalue weighted by Gasteiger charge is 2.45. The molecule has 2 saturated heterocycles. The summed E-state index contributed by atoms with van der Waals surface area (Å²) in [7, 11) is 0. The maximum atomic E-state index is 12.4. The van der Waals surface area contributed by atoms with Gasteiger partial charge in [-0.25, -0.2) is 0 Å². The average Bonchev–Trinajstić information content (AvgIpc) is 2.58. The molecule has 2 heterocycles. The van der Waals surface area contributed by atoms with E-state index in [4.69, 9.17) is 0 Å². The summed E-state index contributed by atoms with van der Waals surface area (Å²) in [6, 6.07) is 5.90. The van der Waals surface area contributed by atoms with E-state index in [0.29, 0.717) is 45.6 Å². The van der Waals surface area contributed by atoms with E-state index in [2.05, 4.69) is 10.2 Å². The van der Waals surface area contributed by atoms with Gasteiger partial charge in [0.15, 0.2) is 0 Å². The van der Waals surface area contributed by atoms with Gasteiger partial charge in [-0.1, -0.05) is 6.07 Å². The van der Waals surface area contributed by atoms with Crippen molar-refractivity contribution in [3.05, 3.63) is 29.3 Å². The van der Waals surface area contributed by atoms with Crippen LogP contribution in [0.2, 0.25) is 0 Å². The van der Waals surface area contributed by atoms with Crippen molar-refractivity contribution in [2.45, 2.75) is 39.2 Å². The first-order valence-electron chi connectivity index (χ1n) is 9.34. The molecule has 2 fully saturated rings. The summed E-state index contributed by atoms with van der Waals surface area (Å²) in [6.07, 6.45) is 1.28. The van der Waals surface area contributed by atoms with Crippen LogP contribution in [0.4, 0.5) is 5.69 Å². The molecule has 2 aliphatic rings. The first-order chi connectivity index (χ1) is 12.3. The molecule has 0 unspecified atom stereocenters. The standard InChI is InChI=1S/C20H29N3O3/c1-14-4-5-18(10-15(14)2)21-19(25)13-22-8-6-20(26)7-9-23(16(3)24)12-17(20)11-22/h4-5,10,17,26H,6-9,11-13H2,1-3H3,(H,21,25)/t17-,20-/m0/s1. The molecule has 2 amide bonds. The Morgan fingerprint density at radius 2 is 1.92 bits per heavy atom. The van der Waals surface area contributed by atoms with Gasteiger partial charge in [-0.05, 0) is 49.9 Å². The summed E-state index contributed by atoms with van der Waals surface area (Å²) >= 11 is 0. The number of benzene rings is 1. The van der Waals surface area contributed by atoms with E-state index in [1.54, 1.807) is 11.8 Å². The third-order valence-corrected chi connectivity index (χ3v) is 5.96. The van der Waals surface area contributed by atoms with Gasteiger partial charge in [-0.3, -0.25) is 14.5 Å². The van der Waals surface area contributed by atoms with Gasteiger partial charge in [-0.15, -0.1) is 0 Å². The predicted octanol–water partition coefficient (Wildman–Crippen LogP) is 1.55. The van der Waals surface area contributed by atoms with Gasteiger partial charge in [0.2, 0.25) is 11.8 Å². The molecule has 0 radical (unpaired) electrons. The number of aryl methyl sites for hydroxylation is 2. The van der Waals surface area contributed by atoms with Crippen molar-refractivity contribution in [3.8, 4) is 0 Å². The number of anilines is 1. The number of carbonyl (C=O) groups is 2. The number of fused-ring (bicyclic) bond motifs is 1. The molecule has 2 aliphatic heterocycles. The highest BCUT2D eigenvalue weighted by Crippen LogP contribution is 2.35. The van der Waals surface area contributed by atoms with Crippen LogP contribution in [0.5, 0.6) is 0 Å². The van der Waals surface area contributed by atoms with Crippen molar-refractivity contribution < 1.29 is 14.7 Å². The van der Waals surface area contributed by atoms with E-state index < -0.39 is 5.60 Å². The number of piperidine rings is 2. The quantitative estimate of drug-likeness (QED) is 0.859. The topological polar surface area (TPSA) is 72.9 Å². The SMILES string of the molecule is CC(=O)N1CC[C@@]2(O)CCN(CC(=O)Nc3ccc(C)c(C)c3)C[C@H]2C1. The Bertz CT molecular complexity index is 706. The molecular formula is C20H29N3O3. The normalized spacial score (nSPS) is 26.3. The number of nitrogens with zero attached hydrogens (tertiary/aromatic N) is 2. The lowest BCUT2D eigenvalue weighted by Gasteiger charge is -2.50. The molecule has 1 aromatic carbocycles. The Morgan fingerprint density at radius 3 is 2.62 bits per heavy atom. The van der Waals surface area contributed by atoms with Crippen LogP contribution in [0, 0.1) is 19.8 Å². The minimum Gasteiger partial charge on any atom is -0.389 e. The lowest BCUT2D eigenvalue weighted by Crippen LogP contribution is -2.61. The number of aliphatic hydroxyl groups is 1. The summed E-state index contributed by atoms with van der Waals surface area (Å²) in [5, 5.41) is 13.8. The van der Waals surface area contributed by atoms with Gasteiger partial charge in [0, 0.05) is 44.7 Å². The van der Waals surface area contributed by atoms with Crippen LogP contribution in [-0.4, -0.2) is 65.0 Å². The summed E-state index contributed by atoms with van der Waals surface area (Å²) < 4.78 is 0. The molecule has 1 aromatic rings. The zero-order valence-electron chi connectivity index (χ0n) is 15.9. The van der Waals surface area contributed by atoms with Gasteiger partial charge in [0.25, 0.3) is 0 Å². The number of amides is 2. The highest BCUT2D eigenvalue weighted by molar-refractivity contribution is 5.92. The second kappa shape index (κ2) is 7.37. The number of hydrogen-bond acceptors (Lipinski definition) is 4. The molecule has 2 N–H and O–H groups in total. The van der Waals surface area contributed by atoms with E-state index in [0.717, 1.165) is 11.3 Å². The number of rotatable bonds is 3. The number of likely N-dealkylation sites (tertiary alicyclic amines) is 2. The minimum atomic E-state index is -0.701. The number of hydrogen-bond donors (Lipinski definition) is 2. The fraction of sp³-hybridized carbons (Fsp3) is 0.600. The van der Waals surface area contributed by atoms with E-state index in [1.165, 1.54) is 5.56 Å². The molecule has 6 nitrogen and oxygen atoms in total. The van der Waals surface area contributed by atoms with Crippen molar-refractivity contribution in [1.29, 1.82) is 0 Å². The fourth-order valence-electron chi connectivity index (χ4n) is 4.02. The Morgan fingerprint density at radius 1 is 1.19 bits per heavy atom. The molecule has 142 valence electrons. The molecule has 3 rings (SSSR count). The first-order valence-corrected chi connectivity index (χ1v) is 9.34. The number of carbonyl (C=O) groups excluding carboxylic acids is 2. The van der Waals surface area contributed by atoms with Crippen LogP contribution in [0.25, 0.3) is 0 Å². The Kier molecular flexibility index (Phi) is 5.34. The predicted molar refractivity (Wildman–Crippen MR) is 101 cm³/mol. The van der Waals surface area contributed by atoms with Gasteiger partial charge in [-0.2, -0.15) is 0 Å². The Labute approximate surface area is 155 Å². The van der Waals surface area contributed by atoms with E-state index in [9.17, 15) is 14.7 Å². The Balaban J connectivity index is 1.57. The van der Waals surface area contributed by atoms with Crippen LogP contribution in [0.15, 0.2) is 18.2 Å². The van der Waals surface area contributed by atoms with Crippen molar-refractivity contribution >= 4 is 17.5 Å². The summed E-state index contributed by atoms with van der Waals surface area (Å²) in [5.74, 6) is 0.0119. The van der Waals surface area contributed by atoms with Crippen LogP contribution >= 0.6 is 0 Å². The van der Waals surface area contributed by atoms with Gasteiger partial charge >= 0.3 is 0 Å². The van der Waals surface area contributed by atoms with Crippen molar-refractivity contribution in [3.63, 3.8) is 0 Å². The highest BCUT2D eigenvalue weighted by atomic mass is 16.3. The van der Waals surface area contributed by atoms with E-state index >= 15 is 0 Å². The summed E-state index contributed by atoms with van der Waals surface area (Å²) in [6.45, 7) is 8.48. The van der Waals surface area contributed by atoms with Crippen molar-refractivity contribution in [1.82, 2.24) is 9.80 Å². The summed E-state index contributed by atoms with van der Waals surface area (Å²) in [4.78, 5) is 28.0. The molecule has 6 heteroatoms. The van der Waals surface area contributed by atoms with E-state index in [-0.39, 0.29) is 17.7 Å². The van der Waals surface area contributed by atoms with Crippen LogP contribution in [0.1, 0.15) is 30.9 Å². The Hall–Kier alpha value is -1.92. The smallest absolute Gasteiger partial charge is 0.238 e. The maximum Gasteiger partial charge on any atom is 0.238 e. The maximum absolute atomic E-state index is 12.4. The van der Waals surface area contributed by atoms with Gasteiger partial charge in [0.05, 0.1) is 12.1 Å². The lowest BCUT2D eigenvalue weighted by atomic mass is 9.75. The van der Waals surface area contributed by atoms with Crippen LogP contribution < -0.4 is 5.32 Å². The van der Waals surface area contributed by atoms with Crippen molar-refractivity contribution in [2.75, 3.05) is 38.0 Å². The molecule has 0 bridgehead atoms. The zero-order valence-corrected chi connectivity index (χ0v) is 15.9. The van der Waals surface area contributed by atoms with Crippen LogP contribution in [0.3, 0.4) is 0 Å². The zero-order chi connectivity index (χ0) is 18.9. The molecule has 0 aliphatic carbocycles. The fourth-order valence-corrected chi connectivity index (χ4v) is 4.02. The molecule has 26 heavy (non-hydrogen) atoms. The van der Waals surface area contributed by atoms with Crippen molar-refractivity contribution in [2.24, 2.45) is 5.92 Å². The monoisotopic (exact) mass is 359 g/mol. The van der Waals surface area contributed by atoms with E-state index in [1.807, 2.05) is 32.0 Å².